The predicted molar refractivity (Wildman–Crippen MR) is 87.2 cm³/mol. The molecule has 0 atom stereocenters. The molecule has 0 unspecified atom stereocenters. The summed E-state index contributed by atoms with van der Waals surface area (Å²) in [6, 6.07) is 5.56. The van der Waals surface area contributed by atoms with Crippen LogP contribution < -0.4 is 5.32 Å². The quantitative estimate of drug-likeness (QED) is 0.866. The molecule has 3 rings (SSSR count). The highest BCUT2D eigenvalue weighted by Crippen LogP contribution is 2.17. The highest BCUT2D eigenvalue weighted by molar-refractivity contribution is 8.13. The van der Waals surface area contributed by atoms with E-state index in [1.165, 1.54) is 11.8 Å². The molecule has 1 aliphatic heterocycles. The van der Waals surface area contributed by atoms with Gasteiger partial charge in [0.05, 0.1) is 0 Å². The molecule has 0 aliphatic carbocycles. The lowest BCUT2D eigenvalue weighted by atomic mass is 10.2. The van der Waals surface area contributed by atoms with Crippen LogP contribution in [0.1, 0.15) is 12.0 Å². The van der Waals surface area contributed by atoms with Gasteiger partial charge in [0.25, 0.3) is 5.24 Å². The minimum absolute atomic E-state index is 0.0611. The fourth-order valence-corrected chi connectivity index (χ4v) is 3.17. The van der Waals surface area contributed by atoms with E-state index >= 15 is 0 Å². The Kier molecular flexibility index (Phi) is 4.92. The van der Waals surface area contributed by atoms with Gasteiger partial charge in [0, 0.05) is 56.0 Å². The van der Waals surface area contributed by atoms with Crippen molar-refractivity contribution in [2.45, 2.75) is 13.0 Å². The Bertz CT molecular complexity index is 689. The van der Waals surface area contributed by atoms with E-state index in [1.54, 1.807) is 22.0 Å². The monoisotopic (exact) mass is 331 g/mol. The number of amides is 2. The number of hydrogen-bond donors (Lipinski definition) is 1. The average Bonchev–Trinajstić information content (AvgIpc) is 3.23. The molecule has 3 heterocycles. The lowest BCUT2D eigenvalue weighted by Crippen LogP contribution is -2.31. The SMILES string of the molecule is O=C(CCN1CCSC1=O)NCc1cccnc1-n1cccn1. The highest BCUT2D eigenvalue weighted by atomic mass is 32.2. The van der Waals surface area contributed by atoms with Crippen LogP contribution in [0.25, 0.3) is 5.82 Å². The molecule has 0 aromatic carbocycles. The zero-order chi connectivity index (χ0) is 16.1. The van der Waals surface area contributed by atoms with Crippen molar-refractivity contribution >= 4 is 22.9 Å². The Morgan fingerprint density at radius 2 is 2.26 bits per heavy atom. The van der Waals surface area contributed by atoms with Crippen molar-refractivity contribution in [3.8, 4) is 5.82 Å². The Balaban J connectivity index is 1.54. The summed E-state index contributed by atoms with van der Waals surface area (Å²) in [5.41, 5.74) is 0.886. The van der Waals surface area contributed by atoms with E-state index in [4.69, 9.17) is 0 Å². The highest BCUT2D eigenvalue weighted by Gasteiger charge is 2.21. The molecule has 7 nitrogen and oxygen atoms in total. The molecule has 0 bridgehead atoms. The first kappa shape index (κ1) is 15.5. The van der Waals surface area contributed by atoms with E-state index in [9.17, 15) is 9.59 Å². The van der Waals surface area contributed by atoms with Gasteiger partial charge >= 0.3 is 0 Å². The van der Waals surface area contributed by atoms with Crippen LogP contribution in [0.15, 0.2) is 36.8 Å². The Labute approximate surface area is 138 Å². The van der Waals surface area contributed by atoms with Crippen LogP contribution in [0, 0.1) is 0 Å². The van der Waals surface area contributed by atoms with Gasteiger partial charge in [0.15, 0.2) is 5.82 Å². The molecular weight excluding hydrogens is 314 g/mol. The summed E-state index contributed by atoms with van der Waals surface area (Å²) in [6.07, 6.45) is 5.50. The zero-order valence-electron chi connectivity index (χ0n) is 12.5. The summed E-state index contributed by atoms with van der Waals surface area (Å²) in [7, 11) is 0. The third-order valence-electron chi connectivity index (χ3n) is 3.52. The Morgan fingerprint density at radius 1 is 1.35 bits per heavy atom. The average molecular weight is 331 g/mol. The number of aromatic nitrogens is 3. The minimum atomic E-state index is -0.0787. The fourth-order valence-electron chi connectivity index (χ4n) is 2.32. The van der Waals surface area contributed by atoms with Gasteiger partial charge in [-0.15, -0.1) is 0 Å². The fraction of sp³-hybridized carbons (Fsp3) is 0.333. The van der Waals surface area contributed by atoms with Crippen molar-refractivity contribution in [1.29, 1.82) is 0 Å². The topological polar surface area (TPSA) is 80.1 Å². The summed E-state index contributed by atoms with van der Waals surface area (Å²) in [6.45, 7) is 1.57. The summed E-state index contributed by atoms with van der Waals surface area (Å²) in [5.74, 6) is 1.43. The standard InChI is InChI=1S/C15H17N5O2S/c21-13(4-8-19-9-10-23-15(19)22)17-11-12-3-1-5-16-14(12)20-7-2-6-18-20/h1-3,5-7H,4,8-11H2,(H,17,21). The summed E-state index contributed by atoms with van der Waals surface area (Å²) < 4.78 is 1.67. The molecule has 0 spiro atoms. The second-order valence-electron chi connectivity index (χ2n) is 5.06. The molecule has 1 fully saturated rings. The third kappa shape index (κ3) is 3.89. The molecule has 23 heavy (non-hydrogen) atoms. The first-order chi connectivity index (χ1) is 11.2. The van der Waals surface area contributed by atoms with Gasteiger partial charge in [-0.1, -0.05) is 17.8 Å². The minimum Gasteiger partial charge on any atom is -0.352 e. The molecule has 0 saturated carbocycles. The van der Waals surface area contributed by atoms with E-state index in [0.29, 0.717) is 25.3 Å². The molecule has 2 aromatic heterocycles. The van der Waals surface area contributed by atoms with Gasteiger partial charge in [-0.2, -0.15) is 5.10 Å². The number of carbonyl (C=O) groups is 2. The van der Waals surface area contributed by atoms with Crippen molar-refractivity contribution in [3.05, 3.63) is 42.4 Å². The van der Waals surface area contributed by atoms with Crippen LogP contribution >= 0.6 is 11.8 Å². The van der Waals surface area contributed by atoms with Gasteiger partial charge in [-0.05, 0) is 12.1 Å². The second-order valence-corrected chi connectivity index (χ2v) is 6.11. The van der Waals surface area contributed by atoms with Crippen LogP contribution in [-0.4, -0.2) is 49.7 Å². The van der Waals surface area contributed by atoms with Crippen LogP contribution in [-0.2, 0) is 11.3 Å². The summed E-state index contributed by atoms with van der Waals surface area (Å²) in [5, 5.41) is 7.10. The maximum atomic E-state index is 12.0. The first-order valence-corrected chi connectivity index (χ1v) is 8.35. The molecule has 1 aliphatic rings. The number of nitrogens with one attached hydrogen (secondary N) is 1. The van der Waals surface area contributed by atoms with Crippen LogP contribution in [0.5, 0.6) is 0 Å². The number of carbonyl (C=O) groups excluding carboxylic acids is 2. The maximum absolute atomic E-state index is 12.0. The van der Waals surface area contributed by atoms with E-state index in [2.05, 4.69) is 15.4 Å². The Morgan fingerprint density at radius 3 is 3.00 bits per heavy atom. The lowest BCUT2D eigenvalue weighted by Gasteiger charge is -2.14. The molecule has 8 heteroatoms. The molecule has 2 amide bonds. The molecular formula is C15H17N5O2S. The normalized spacial score (nSPS) is 14.3. The van der Waals surface area contributed by atoms with Crippen molar-refractivity contribution in [2.75, 3.05) is 18.8 Å². The molecule has 1 saturated heterocycles. The zero-order valence-corrected chi connectivity index (χ0v) is 13.3. The van der Waals surface area contributed by atoms with Crippen molar-refractivity contribution in [2.24, 2.45) is 0 Å². The predicted octanol–water partition coefficient (Wildman–Crippen LogP) is 1.44. The van der Waals surface area contributed by atoms with Gasteiger partial charge < -0.3 is 10.2 Å². The number of rotatable bonds is 6. The molecule has 1 N–H and O–H groups in total. The third-order valence-corrected chi connectivity index (χ3v) is 4.41. The lowest BCUT2D eigenvalue weighted by molar-refractivity contribution is -0.121. The van der Waals surface area contributed by atoms with Gasteiger partial charge in [0.1, 0.15) is 0 Å². The number of pyridine rings is 1. The van der Waals surface area contributed by atoms with Crippen molar-refractivity contribution in [1.82, 2.24) is 25.0 Å². The van der Waals surface area contributed by atoms with Crippen molar-refractivity contribution < 1.29 is 9.59 Å². The second kappa shape index (κ2) is 7.28. The van der Waals surface area contributed by atoms with E-state index in [1.807, 2.05) is 24.4 Å². The summed E-state index contributed by atoms with van der Waals surface area (Å²) in [4.78, 5) is 29.5. The molecule has 2 aromatic rings. The Hall–Kier alpha value is -2.35. The molecule has 120 valence electrons. The van der Waals surface area contributed by atoms with Crippen LogP contribution in [0.4, 0.5) is 4.79 Å². The van der Waals surface area contributed by atoms with Crippen molar-refractivity contribution in [3.63, 3.8) is 0 Å². The number of hydrogen-bond acceptors (Lipinski definition) is 5. The number of thioether (sulfide) groups is 1. The number of nitrogens with zero attached hydrogens (tertiary/aromatic N) is 4. The summed E-state index contributed by atoms with van der Waals surface area (Å²) >= 11 is 1.31. The maximum Gasteiger partial charge on any atom is 0.281 e. The smallest absolute Gasteiger partial charge is 0.281 e. The molecule has 0 radical (unpaired) electrons. The van der Waals surface area contributed by atoms with Gasteiger partial charge in [-0.25, -0.2) is 9.67 Å². The van der Waals surface area contributed by atoms with Gasteiger partial charge in [0.2, 0.25) is 5.91 Å². The first-order valence-electron chi connectivity index (χ1n) is 7.36. The van der Waals surface area contributed by atoms with E-state index < -0.39 is 0 Å². The van der Waals surface area contributed by atoms with Gasteiger partial charge in [-0.3, -0.25) is 9.59 Å². The van der Waals surface area contributed by atoms with E-state index in [0.717, 1.165) is 17.9 Å². The van der Waals surface area contributed by atoms with E-state index in [-0.39, 0.29) is 11.1 Å². The van der Waals surface area contributed by atoms with Crippen LogP contribution in [0.2, 0.25) is 0 Å². The van der Waals surface area contributed by atoms with Crippen LogP contribution in [0.3, 0.4) is 0 Å². The largest absolute Gasteiger partial charge is 0.352 e.